The van der Waals surface area contributed by atoms with E-state index >= 15 is 0 Å². The minimum atomic E-state index is 0.0925. The number of hydrogen-bond acceptors (Lipinski definition) is 2. The van der Waals surface area contributed by atoms with E-state index in [1.165, 1.54) is 0 Å². The number of aryl methyl sites for hydroxylation is 1. The fourth-order valence-corrected chi connectivity index (χ4v) is 1.66. The van der Waals surface area contributed by atoms with Gasteiger partial charge in [0.15, 0.2) is 0 Å². The molecule has 2 rings (SSSR count). The molecule has 13 heavy (non-hydrogen) atoms. The van der Waals surface area contributed by atoms with Crippen molar-refractivity contribution < 1.29 is 9.21 Å². The lowest BCUT2D eigenvalue weighted by molar-refractivity contribution is -0.123. The SMILES string of the molecule is Cc1ccc(C2CCCC(=O)N2)o1. The van der Waals surface area contributed by atoms with E-state index < -0.39 is 0 Å². The predicted molar refractivity (Wildman–Crippen MR) is 48.2 cm³/mol. The van der Waals surface area contributed by atoms with Crippen molar-refractivity contribution in [2.45, 2.75) is 32.2 Å². The molecule has 1 N–H and O–H groups in total. The van der Waals surface area contributed by atoms with Gasteiger partial charge in [-0.25, -0.2) is 0 Å². The lowest BCUT2D eigenvalue weighted by atomic mass is 10.0. The van der Waals surface area contributed by atoms with Gasteiger partial charge in [-0.2, -0.15) is 0 Å². The zero-order chi connectivity index (χ0) is 9.26. The molecule has 0 radical (unpaired) electrons. The van der Waals surface area contributed by atoms with Crippen LogP contribution in [0.2, 0.25) is 0 Å². The predicted octanol–water partition coefficient (Wildman–Crippen LogP) is 1.93. The topological polar surface area (TPSA) is 42.2 Å². The monoisotopic (exact) mass is 179 g/mol. The number of carbonyl (C=O) groups excluding carboxylic acids is 1. The van der Waals surface area contributed by atoms with Crippen LogP contribution in [0.1, 0.15) is 36.8 Å². The Morgan fingerprint density at radius 1 is 1.54 bits per heavy atom. The summed E-state index contributed by atoms with van der Waals surface area (Å²) in [7, 11) is 0. The fourth-order valence-electron chi connectivity index (χ4n) is 1.66. The molecule has 1 amide bonds. The quantitative estimate of drug-likeness (QED) is 0.715. The largest absolute Gasteiger partial charge is 0.464 e. The van der Waals surface area contributed by atoms with Gasteiger partial charge in [0, 0.05) is 6.42 Å². The van der Waals surface area contributed by atoms with E-state index in [0.717, 1.165) is 24.4 Å². The third-order valence-corrected chi connectivity index (χ3v) is 2.34. The highest BCUT2D eigenvalue weighted by Gasteiger charge is 2.21. The smallest absolute Gasteiger partial charge is 0.220 e. The van der Waals surface area contributed by atoms with Gasteiger partial charge in [-0.3, -0.25) is 4.79 Å². The van der Waals surface area contributed by atoms with Crippen LogP contribution in [0.4, 0.5) is 0 Å². The Hall–Kier alpha value is -1.25. The van der Waals surface area contributed by atoms with Crippen LogP contribution in [0.15, 0.2) is 16.5 Å². The summed E-state index contributed by atoms with van der Waals surface area (Å²) in [4.78, 5) is 11.1. The first-order valence-corrected chi connectivity index (χ1v) is 4.61. The Kier molecular flexibility index (Phi) is 2.08. The third-order valence-electron chi connectivity index (χ3n) is 2.34. The number of piperidine rings is 1. The zero-order valence-electron chi connectivity index (χ0n) is 7.67. The first-order valence-electron chi connectivity index (χ1n) is 4.61. The molecule has 3 nitrogen and oxygen atoms in total. The van der Waals surface area contributed by atoms with Gasteiger partial charge in [0.1, 0.15) is 11.5 Å². The van der Waals surface area contributed by atoms with Gasteiger partial charge in [0.05, 0.1) is 6.04 Å². The van der Waals surface area contributed by atoms with Crippen molar-refractivity contribution in [1.29, 1.82) is 0 Å². The average Bonchev–Trinajstić information content (AvgIpc) is 2.52. The van der Waals surface area contributed by atoms with Crippen molar-refractivity contribution in [2.75, 3.05) is 0 Å². The molecule has 1 aromatic heterocycles. The minimum absolute atomic E-state index is 0.0925. The van der Waals surface area contributed by atoms with E-state index in [-0.39, 0.29) is 11.9 Å². The Morgan fingerprint density at radius 3 is 3.00 bits per heavy atom. The summed E-state index contributed by atoms with van der Waals surface area (Å²) < 4.78 is 5.46. The minimum Gasteiger partial charge on any atom is -0.464 e. The normalized spacial score (nSPS) is 22.8. The Labute approximate surface area is 77.1 Å². The van der Waals surface area contributed by atoms with Gasteiger partial charge in [-0.1, -0.05) is 0 Å². The molecule has 1 aromatic rings. The summed E-state index contributed by atoms with van der Waals surface area (Å²) in [6.45, 7) is 1.91. The molecule has 1 fully saturated rings. The molecule has 0 bridgehead atoms. The van der Waals surface area contributed by atoms with Gasteiger partial charge >= 0.3 is 0 Å². The van der Waals surface area contributed by atoms with Crippen molar-refractivity contribution in [3.63, 3.8) is 0 Å². The van der Waals surface area contributed by atoms with Crippen molar-refractivity contribution in [2.24, 2.45) is 0 Å². The molecule has 0 saturated carbocycles. The molecule has 1 aliphatic rings. The summed E-state index contributed by atoms with van der Waals surface area (Å²) >= 11 is 0. The Morgan fingerprint density at radius 2 is 2.38 bits per heavy atom. The maximum atomic E-state index is 11.1. The fraction of sp³-hybridized carbons (Fsp3) is 0.500. The summed E-state index contributed by atoms with van der Waals surface area (Å²) in [5.74, 6) is 1.91. The summed E-state index contributed by atoms with van der Waals surface area (Å²) in [6.07, 6.45) is 2.59. The maximum Gasteiger partial charge on any atom is 0.220 e. The summed E-state index contributed by atoms with van der Waals surface area (Å²) in [5, 5.41) is 2.91. The number of nitrogens with one attached hydrogen (secondary N) is 1. The third kappa shape index (κ3) is 1.74. The molecule has 0 aromatic carbocycles. The van der Waals surface area contributed by atoms with Crippen molar-refractivity contribution in [3.05, 3.63) is 23.7 Å². The van der Waals surface area contributed by atoms with E-state index in [0.29, 0.717) is 6.42 Å². The van der Waals surface area contributed by atoms with E-state index in [1.54, 1.807) is 0 Å². The summed E-state index contributed by atoms with van der Waals surface area (Å²) in [5.41, 5.74) is 0. The molecule has 0 spiro atoms. The van der Waals surface area contributed by atoms with Crippen LogP contribution in [0, 0.1) is 6.92 Å². The molecule has 70 valence electrons. The van der Waals surface area contributed by atoms with Crippen LogP contribution in [-0.2, 0) is 4.79 Å². The maximum absolute atomic E-state index is 11.1. The Balaban J connectivity index is 2.12. The van der Waals surface area contributed by atoms with Crippen LogP contribution in [-0.4, -0.2) is 5.91 Å². The van der Waals surface area contributed by atoms with E-state index in [1.807, 2.05) is 19.1 Å². The van der Waals surface area contributed by atoms with E-state index in [2.05, 4.69) is 5.32 Å². The second-order valence-corrected chi connectivity index (χ2v) is 3.46. The van der Waals surface area contributed by atoms with Gasteiger partial charge in [-0.05, 0) is 31.9 Å². The highest BCUT2D eigenvalue weighted by atomic mass is 16.3. The molecule has 2 heterocycles. The highest BCUT2D eigenvalue weighted by molar-refractivity contribution is 5.77. The second kappa shape index (κ2) is 3.24. The highest BCUT2D eigenvalue weighted by Crippen LogP contribution is 2.24. The van der Waals surface area contributed by atoms with Crippen molar-refractivity contribution in [1.82, 2.24) is 5.32 Å². The first-order chi connectivity index (χ1) is 6.25. The standard InChI is InChI=1S/C10H13NO2/c1-7-5-6-9(13-7)8-3-2-4-10(12)11-8/h5-6,8H,2-4H2,1H3,(H,11,12). The lowest BCUT2D eigenvalue weighted by Gasteiger charge is -2.20. The molecule has 3 heteroatoms. The second-order valence-electron chi connectivity index (χ2n) is 3.46. The zero-order valence-corrected chi connectivity index (χ0v) is 7.67. The average molecular weight is 179 g/mol. The van der Waals surface area contributed by atoms with Gasteiger partial charge < -0.3 is 9.73 Å². The number of carbonyl (C=O) groups is 1. The number of amides is 1. The summed E-state index contributed by atoms with van der Waals surface area (Å²) in [6, 6.07) is 3.96. The van der Waals surface area contributed by atoms with Crippen LogP contribution in [0.3, 0.4) is 0 Å². The number of hydrogen-bond donors (Lipinski definition) is 1. The van der Waals surface area contributed by atoms with Gasteiger partial charge in [-0.15, -0.1) is 0 Å². The van der Waals surface area contributed by atoms with E-state index in [9.17, 15) is 4.79 Å². The Bertz CT molecular complexity index is 316. The van der Waals surface area contributed by atoms with Gasteiger partial charge in [0.25, 0.3) is 0 Å². The van der Waals surface area contributed by atoms with Gasteiger partial charge in [0.2, 0.25) is 5.91 Å². The molecular formula is C10H13NO2. The van der Waals surface area contributed by atoms with Crippen molar-refractivity contribution in [3.8, 4) is 0 Å². The van der Waals surface area contributed by atoms with Crippen LogP contribution in [0.5, 0.6) is 0 Å². The molecule has 1 saturated heterocycles. The number of rotatable bonds is 1. The van der Waals surface area contributed by atoms with Crippen LogP contribution in [0.25, 0.3) is 0 Å². The molecule has 0 aliphatic carbocycles. The molecule has 1 aliphatic heterocycles. The molecule has 1 atom stereocenters. The van der Waals surface area contributed by atoms with Crippen LogP contribution >= 0.6 is 0 Å². The van der Waals surface area contributed by atoms with Crippen molar-refractivity contribution >= 4 is 5.91 Å². The lowest BCUT2D eigenvalue weighted by Crippen LogP contribution is -2.32. The molecular weight excluding hydrogens is 166 g/mol. The first kappa shape index (κ1) is 8.35. The van der Waals surface area contributed by atoms with Crippen LogP contribution < -0.4 is 5.32 Å². The van der Waals surface area contributed by atoms with E-state index in [4.69, 9.17) is 4.42 Å². The molecule has 1 unspecified atom stereocenters. The number of furan rings is 1.